The SMILES string of the molecule is CCC(C(=O)Nc1c2c(nn1-c1ccccc1C)CS(=O)C2)c1ccccc1. The van der Waals surface area contributed by atoms with E-state index in [0.29, 0.717) is 23.7 Å². The van der Waals surface area contributed by atoms with E-state index in [1.54, 1.807) is 4.68 Å². The predicted octanol–water partition coefficient (Wildman–Crippen LogP) is 4.08. The van der Waals surface area contributed by atoms with E-state index in [9.17, 15) is 9.00 Å². The average Bonchev–Trinajstić information content (AvgIpc) is 3.21. The standard InChI is InChI=1S/C22H23N3O2S/c1-3-17(16-10-5-4-6-11-16)22(26)23-21-18-13-28(27)14-19(18)24-25(21)20-12-8-7-9-15(20)2/h4-12,17H,3,13-14H2,1-2H3,(H,23,26). The second-order valence-corrected chi connectivity index (χ2v) is 8.52. The van der Waals surface area contributed by atoms with E-state index in [0.717, 1.165) is 28.1 Å². The van der Waals surface area contributed by atoms with E-state index in [2.05, 4.69) is 5.32 Å². The first-order chi connectivity index (χ1) is 13.6. The number of carbonyl (C=O) groups excluding carboxylic acids is 1. The minimum absolute atomic E-state index is 0.0658. The first-order valence-corrected chi connectivity index (χ1v) is 10.9. The highest BCUT2D eigenvalue weighted by Gasteiger charge is 2.30. The number of rotatable bonds is 5. The van der Waals surface area contributed by atoms with Gasteiger partial charge in [-0.2, -0.15) is 5.10 Å². The van der Waals surface area contributed by atoms with Gasteiger partial charge in [-0.1, -0.05) is 55.5 Å². The van der Waals surface area contributed by atoms with Gasteiger partial charge in [0.1, 0.15) is 5.82 Å². The molecular formula is C22H23N3O2S. The highest BCUT2D eigenvalue weighted by atomic mass is 32.2. The lowest BCUT2D eigenvalue weighted by molar-refractivity contribution is -0.117. The van der Waals surface area contributed by atoms with Gasteiger partial charge < -0.3 is 5.32 Å². The molecule has 144 valence electrons. The van der Waals surface area contributed by atoms with Crippen LogP contribution in [0.25, 0.3) is 5.69 Å². The van der Waals surface area contributed by atoms with Gasteiger partial charge in [0.25, 0.3) is 0 Å². The molecule has 2 heterocycles. The molecule has 1 N–H and O–H groups in total. The molecular weight excluding hydrogens is 370 g/mol. The molecule has 0 bridgehead atoms. The van der Waals surface area contributed by atoms with Crippen molar-refractivity contribution in [1.29, 1.82) is 0 Å². The van der Waals surface area contributed by atoms with Crippen molar-refractivity contribution in [3.63, 3.8) is 0 Å². The molecule has 28 heavy (non-hydrogen) atoms. The molecule has 0 aliphatic carbocycles. The van der Waals surface area contributed by atoms with E-state index < -0.39 is 10.8 Å². The number of aromatic nitrogens is 2. The molecule has 3 aromatic rings. The maximum absolute atomic E-state index is 13.2. The molecule has 1 aliphatic heterocycles. The van der Waals surface area contributed by atoms with E-state index in [1.165, 1.54) is 0 Å². The van der Waals surface area contributed by atoms with E-state index in [-0.39, 0.29) is 11.8 Å². The van der Waals surface area contributed by atoms with Crippen molar-refractivity contribution < 1.29 is 9.00 Å². The molecule has 0 spiro atoms. The smallest absolute Gasteiger partial charge is 0.233 e. The Labute approximate surface area is 167 Å². The third kappa shape index (κ3) is 3.40. The van der Waals surface area contributed by atoms with Crippen LogP contribution in [0.1, 0.15) is 41.6 Å². The number of amides is 1. The highest BCUT2D eigenvalue weighted by Crippen LogP contribution is 2.33. The van der Waals surface area contributed by atoms with Crippen LogP contribution in [0.15, 0.2) is 54.6 Å². The number of carbonyl (C=O) groups is 1. The van der Waals surface area contributed by atoms with Crippen LogP contribution in [-0.2, 0) is 27.1 Å². The van der Waals surface area contributed by atoms with Gasteiger partial charge in [-0.25, -0.2) is 4.68 Å². The van der Waals surface area contributed by atoms with Crippen molar-refractivity contribution in [2.45, 2.75) is 37.7 Å². The Kier molecular flexibility index (Phi) is 5.13. The monoisotopic (exact) mass is 393 g/mol. The van der Waals surface area contributed by atoms with Crippen LogP contribution in [0.4, 0.5) is 5.82 Å². The molecule has 5 nitrogen and oxygen atoms in total. The van der Waals surface area contributed by atoms with Crippen LogP contribution >= 0.6 is 0 Å². The molecule has 2 aromatic carbocycles. The van der Waals surface area contributed by atoms with Gasteiger partial charge in [-0.3, -0.25) is 9.00 Å². The van der Waals surface area contributed by atoms with Crippen LogP contribution in [0.2, 0.25) is 0 Å². The molecule has 0 saturated heterocycles. The van der Waals surface area contributed by atoms with Gasteiger partial charge in [-0.15, -0.1) is 0 Å². The van der Waals surface area contributed by atoms with Crippen LogP contribution in [0.3, 0.4) is 0 Å². The lowest BCUT2D eigenvalue weighted by Crippen LogP contribution is -2.23. The largest absolute Gasteiger partial charge is 0.310 e. The van der Waals surface area contributed by atoms with Gasteiger partial charge in [0.2, 0.25) is 5.91 Å². The molecule has 0 fully saturated rings. The summed E-state index contributed by atoms with van der Waals surface area (Å²) in [5.74, 6) is 1.20. The van der Waals surface area contributed by atoms with E-state index in [1.807, 2.05) is 68.4 Å². The maximum atomic E-state index is 13.2. The number of para-hydroxylation sites is 1. The van der Waals surface area contributed by atoms with E-state index >= 15 is 0 Å². The fourth-order valence-electron chi connectivity index (χ4n) is 3.69. The maximum Gasteiger partial charge on any atom is 0.233 e. The van der Waals surface area contributed by atoms with Crippen molar-refractivity contribution in [1.82, 2.24) is 9.78 Å². The minimum Gasteiger partial charge on any atom is -0.310 e. The number of benzene rings is 2. The summed E-state index contributed by atoms with van der Waals surface area (Å²) in [4.78, 5) is 13.2. The summed E-state index contributed by atoms with van der Waals surface area (Å²) in [5.41, 5.74) is 4.67. The first-order valence-electron chi connectivity index (χ1n) is 9.46. The Balaban J connectivity index is 1.74. The minimum atomic E-state index is -0.959. The quantitative estimate of drug-likeness (QED) is 0.710. The van der Waals surface area contributed by atoms with Crippen molar-refractivity contribution in [2.75, 3.05) is 5.32 Å². The predicted molar refractivity (Wildman–Crippen MR) is 112 cm³/mol. The van der Waals surface area contributed by atoms with Crippen molar-refractivity contribution >= 4 is 22.5 Å². The fraction of sp³-hybridized carbons (Fsp3) is 0.273. The van der Waals surface area contributed by atoms with Gasteiger partial charge in [0.15, 0.2) is 0 Å². The van der Waals surface area contributed by atoms with Gasteiger partial charge in [0, 0.05) is 16.4 Å². The number of nitrogens with one attached hydrogen (secondary N) is 1. The second-order valence-electron chi connectivity index (χ2n) is 7.06. The zero-order valence-corrected chi connectivity index (χ0v) is 16.8. The summed E-state index contributed by atoms with van der Waals surface area (Å²) in [6, 6.07) is 17.7. The van der Waals surface area contributed by atoms with Crippen LogP contribution in [0, 0.1) is 6.92 Å². The summed E-state index contributed by atoms with van der Waals surface area (Å²) in [6.45, 7) is 4.03. The Hall–Kier alpha value is -2.73. The topological polar surface area (TPSA) is 64.0 Å². The number of aryl methyl sites for hydroxylation is 1. The van der Waals surface area contributed by atoms with E-state index in [4.69, 9.17) is 5.10 Å². The fourth-order valence-corrected chi connectivity index (χ4v) is 4.96. The zero-order valence-electron chi connectivity index (χ0n) is 16.0. The zero-order chi connectivity index (χ0) is 19.7. The highest BCUT2D eigenvalue weighted by molar-refractivity contribution is 7.83. The summed E-state index contributed by atoms with van der Waals surface area (Å²) in [7, 11) is -0.959. The Morgan fingerprint density at radius 1 is 1.14 bits per heavy atom. The number of hydrogen-bond donors (Lipinski definition) is 1. The summed E-state index contributed by atoms with van der Waals surface area (Å²) in [5, 5.41) is 7.81. The van der Waals surface area contributed by atoms with Crippen LogP contribution in [-0.4, -0.2) is 19.9 Å². The van der Waals surface area contributed by atoms with Crippen molar-refractivity contribution in [3.8, 4) is 5.69 Å². The molecule has 2 atom stereocenters. The lowest BCUT2D eigenvalue weighted by Gasteiger charge is -2.17. The average molecular weight is 394 g/mol. The number of hydrogen-bond acceptors (Lipinski definition) is 3. The number of fused-ring (bicyclic) bond motifs is 1. The summed E-state index contributed by atoms with van der Waals surface area (Å²) >= 11 is 0. The van der Waals surface area contributed by atoms with Crippen molar-refractivity contribution in [3.05, 3.63) is 77.0 Å². The van der Waals surface area contributed by atoms with Crippen LogP contribution in [0.5, 0.6) is 0 Å². The second kappa shape index (κ2) is 7.72. The number of anilines is 1. The lowest BCUT2D eigenvalue weighted by atomic mass is 9.95. The molecule has 0 saturated carbocycles. The molecule has 6 heteroatoms. The Bertz CT molecular complexity index is 1040. The van der Waals surface area contributed by atoms with Crippen LogP contribution < -0.4 is 5.32 Å². The normalized spacial score (nSPS) is 16.6. The third-order valence-electron chi connectivity index (χ3n) is 5.18. The molecule has 0 radical (unpaired) electrons. The molecule has 1 aromatic heterocycles. The molecule has 1 aliphatic rings. The van der Waals surface area contributed by atoms with Crippen molar-refractivity contribution in [2.24, 2.45) is 0 Å². The van der Waals surface area contributed by atoms with Gasteiger partial charge >= 0.3 is 0 Å². The Morgan fingerprint density at radius 3 is 2.57 bits per heavy atom. The first kappa shape index (κ1) is 18.6. The molecule has 4 rings (SSSR count). The Morgan fingerprint density at radius 2 is 1.86 bits per heavy atom. The molecule has 2 unspecified atom stereocenters. The third-order valence-corrected chi connectivity index (χ3v) is 6.39. The summed E-state index contributed by atoms with van der Waals surface area (Å²) < 4.78 is 13.9. The van der Waals surface area contributed by atoms with Gasteiger partial charge in [0.05, 0.1) is 28.8 Å². The molecule has 1 amide bonds. The number of nitrogens with zero attached hydrogens (tertiary/aromatic N) is 2. The van der Waals surface area contributed by atoms with Gasteiger partial charge in [-0.05, 0) is 30.5 Å². The summed E-state index contributed by atoms with van der Waals surface area (Å²) in [6.07, 6.45) is 0.697.